The van der Waals surface area contributed by atoms with Crippen LogP contribution in [-0.2, 0) is 6.42 Å². The van der Waals surface area contributed by atoms with E-state index in [0.29, 0.717) is 28.4 Å². The second-order valence-electron chi connectivity index (χ2n) is 6.26. The fraction of sp³-hybridized carbons (Fsp3) is 0.0952. The molecule has 0 saturated heterocycles. The number of aromatic nitrogens is 1. The molecule has 134 valence electrons. The van der Waals surface area contributed by atoms with Crippen molar-refractivity contribution in [3.05, 3.63) is 88.7 Å². The Hall–Kier alpha value is -3.18. The zero-order valence-electron chi connectivity index (χ0n) is 14.4. The Kier molecular flexibility index (Phi) is 4.60. The lowest BCUT2D eigenvalue weighted by Crippen LogP contribution is -2.29. The minimum Gasteiger partial charge on any atom is -0.322 e. The number of pyridine rings is 1. The summed E-state index contributed by atoms with van der Waals surface area (Å²) >= 11 is 5.85. The lowest BCUT2D eigenvalue weighted by Gasteiger charge is -2.17. The molecule has 2 heterocycles. The van der Waals surface area contributed by atoms with E-state index in [0.717, 1.165) is 17.7 Å². The van der Waals surface area contributed by atoms with Crippen LogP contribution in [0.25, 0.3) is 0 Å². The van der Waals surface area contributed by atoms with Gasteiger partial charge in [-0.1, -0.05) is 29.8 Å². The van der Waals surface area contributed by atoms with Crippen LogP contribution in [0.2, 0.25) is 5.02 Å². The fourth-order valence-electron chi connectivity index (χ4n) is 3.12. The van der Waals surface area contributed by atoms with Gasteiger partial charge in [-0.25, -0.2) is 0 Å². The number of hydrogen-bond donors (Lipinski definition) is 1. The van der Waals surface area contributed by atoms with Crippen LogP contribution in [0.4, 0.5) is 11.4 Å². The maximum absolute atomic E-state index is 12.9. The van der Waals surface area contributed by atoms with Crippen LogP contribution in [0.15, 0.2) is 67.0 Å². The summed E-state index contributed by atoms with van der Waals surface area (Å²) in [6.07, 6.45) is 3.76. The molecule has 0 radical (unpaired) electrons. The molecule has 0 fully saturated rings. The van der Waals surface area contributed by atoms with Crippen LogP contribution >= 0.6 is 11.6 Å². The Bertz CT molecular complexity index is 1020. The van der Waals surface area contributed by atoms with Crippen LogP contribution in [0.5, 0.6) is 0 Å². The van der Waals surface area contributed by atoms with Gasteiger partial charge in [0.15, 0.2) is 0 Å². The SMILES string of the molecule is O=C(Nc1ccc(Cl)cc1)c1cncc(C(=O)N2CCc3ccccc32)c1. The first-order valence-corrected chi connectivity index (χ1v) is 8.91. The first-order chi connectivity index (χ1) is 13.1. The number of benzene rings is 2. The summed E-state index contributed by atoms with van der Waals surface area (Å²) in [6.45, 7) is 0.624. The van der Waals surface area contributed by atoms with Crippen LogP contribution in [0.3, 0.4) is 0 Å². The van der Waals surface area contributed by atoms with Gasteiger partial charge >= 0.3 is 0 Å². The normalized spacial score (nSPS) is 12.6. The van der Waals surface area contributed by atoms with Crippen LogP contribution < -0.4 is 10.2 Å². The van der Waals surface area contributed by atoms with E-state index >= 15 is 0 Å². The molecular weight excluding hydrogens is 362 g/mol. The highest BCUT2D eigenvalue weighted by atomic mass is 35.5. The quantitative estimate of drug-likeness (QED) is 0.744. The van der Waals surface area contributed by atoms with E-state index in [9.17, 15) is 9.59 Å². The highest BCUT2D eigenvalue weighted by Crippen LogP contribution is 2.28. The summed E-state index contributed by atoms with van der Waals surface area (Å²) < 4.78 is 0. The van der Waals surface area contributed by atoms with Gasteiger partial charge in [0.1, 0.15) is 0 Å². The maximum atomic E-state index is 12.9. The third-order valence-corrected chi connectivity index (χ3v) is 4.73. The number of nitrogens with one attached hydrogen (secondary N) is 1. The van der Waals surface area contributed by atoms with Gasteiger partial charge in [-0.05, 0) is 48.4 Å². The third-order valence-electron chi connectivity index (χ3n) is 4.48. The molecule has 1 aliphatic heterocycles. The van der Waals surface area contributed by atoms with Gasteiger partial charge in [0.2, 0.25) is 0 Å². The average molecular weight is 378 g/mol. The van der Waals surface area contributed by atoms with Crippen molar-refractivity contribution in [2.75, 3.05) is 16.8 Å². The van der Waals surface area contributed by atoms with Gasteiger partial charge in [0, 0.05) is 35.3 Å². The number of amides is 2. The van der Waals surface area contributed by atoms with Gasteiger partial charge in [0.25, 0.3) is 11.8 Å². The summed E-state index contributed by atoms with van der Waals surface area (Å²) in [5.74, 6) is -0.491. The summed E-state index contributed by atoms with van der Waals surface area (Å²) in [4.78, 5) is 31.2. The molecule has 6 heteroatoms. The molecule has 1 N–H and O–H groups in total. The molecule has 0 atom stereocenters. The smallest absolute Gasteiger partial charge is 0.259 e. The zero-order chi connectivity index (χ0) is 18.8. The molecule has 0 saturated carbocycles. The number of hydrogen-bond acceptors (Lipinski definition) is 3. The number of halogens is 1. The molecule has 1 aliphatic rings. The number of carbonyl (C=O) groups excluding carboxylic acids is 2. The second kappa shape index (κ2) is 7.21. The van der Waals surface area contributed by atoms with Crippen molar-refractivity contribution in [2.45, 2.75) is 6.42 Å². The Labute approximate surface area is 161 Å². The Morgan fingerprint density at radius 3 is 2.56 bits per heavy atom. The topological polar surface area (TPSA) is 62.3 Å². The number of para-hydroxylation sites is 1. The van der Waals surface area contributed by atoms with E-state index in [1.165, 1.54) is 12.4 Å². The van der Waals surface area contributed by atoms with Crippen molar-refractivity contribution in [1.29, 1.82) is 0 Å². The van der Waals surface area contributed by atoms with E-state index in [2.05, 4.69) is 10.3 Å². The van der Waals surface area contributed by atoms with Crippen molar-refractivity contribution in [3.8, 4) is 0 Å². The maximum Gasteiger partial charge on any atom is 0.259 e. The minimum atomic E-state index is -0.332. The standard InChI is InChI=1S/C21H16ClN3O2/c22-17-5-7-18(8-6-17)24-20(26)15-11-16(13-23-12-15)21(27)25-10-9-14-3-1-2-4-19(14)25/h1-8,11-13H,9-10H2,(H,24,26). The number of anilines is 2. The van der Waals surface area contributed by atoms with E-state index in [1.807, 2.05) is 24.3 Å². The highest BCUT2D eigenvalue weighted by Gasteiger charge is 2.25. The molecule has 0 spiro atoms. The Morgan fingerprint density at radius 2 is 1.74 bits per heavy atom. The molecule has 0 bridgehead atoms. The Morgan fingerprint density at radius 1 is 1.00 bits per heavy atom. The average Bonchev–Trinajstić information content (AvgIpc) is 3.13. The van der Waals surface area contributed by atoms with Crippen LogP contribution in [0.1, 0.15) is 26.3 Å². The highest BCUT2D eigenvalue weighted by molar-refractivity contribution is 6.30. The number of carbonyl (C=O) groups is 2. The molecule has 2 amide bonds. The van der Waals surface area contributed by atoms with Crippen molar-refractivity contribution in [2.24, 2.45) is 0 Å². The van der Waals surface area contributed by atoms with E-state index in [4.69, 9.17) is 11.6 Å². The summed E-state index contributed by atoms with van der Waals surface area (Å²) in [7, 11) is 0. The van der Waals surface area contributed by atoms with Crippen molar-refractivity contribution >= 4 is 34.8 Å². The van der Waals surface area contributed by atoms with E-state index in [-0.39, 0.29) is 11.8 Å². The van der Waals surface area contributed by atoms with E-state index in [1.54, 1.807) is 35.2 Å². The molecule has 0 unspecified atom stereocenters. The molecular formula is C21H16ClN3O2. The Balaban J connectivity index is 1.55. The van der Waals surface area contributed by atoms with Gasteiger partial charge in [-0.3, -0.25) is 14.6 Å². The fourth-order valence-corrected chi connectivity index (χ4v) is 3.25. The van der Waals surface area contributed by atoms with Crippen molar-refractivity contribution in [1.82, 2.24) is 4.98 Å². The van der Waals surface area contributed by atoms with Gasteiger partial charge in [0.05, 0.1) is 11.1 Å². The molecule has 2 aromatic carbocycles. The summed E-state index contributed by atoms with van der Waals surface area (Å²) in [5, 5.41) is 3.37. The first kappa shape index (κ1) is 17.2. The molecule has 3 aromatic rings. The lowest BCUT2D eigenvalue weighted by atomic mass is 10.1. The number of nitrogens with zero attached hydrogens (tertiary/aromatic N) is 2. The minimum absolute atomic E-state index is 0.159. The van der Waals surface area contributed by atoms with Crippen LogP contribution in [-0.4, -0.2) is 23.3 Å². The van der Waals surface area contributed by atoms with Gasteiger partial charge in [-0.15, -0.1) is 0 Å². The van der Waals surface area contributed by atoms with Crippen molar-refractivity contribution < 1.29 is 9.59 Å². The molecule has 5 nitrogen and oxygen atoms in total. The number of fused-ring (bicyclic) bond motifs is 1. The predicted octanol–water partition coefficient (Wildman–Crippen LogP) is 4.19. The second-order valence-corrected chi connectivity index (χ2v) is 6.70. The van der Waals surface area contributed by atoms with E-state index < -0.39 is 0 Å². The lowest BCUT2D eigenvalue weighted by molar-refractivity contribution is 0.0989. The number of rotatable bonds is 3. The van der Waals surface area contributed by atoms with Crippen molar-refractivity contribution in [3.63, 3.8) is 0 Å². The summed E-state index contributed by atoms with van der Waals surface area (Å²) in [5.41, 5.74) is 3.39. The van der Waals surface area contributed by atoms with Crippen LogP contribution in [0, 0.1) is 0 Å². The largest absolute Gasteiger partial charge is 0.322 e. The monoisotopic (exact) mass is 377 g/mol. The molecule has 1 aromatic heterocycles. The van der Waals surface area contributed by atoms with Gasteiger partial charge in [-0.2, -0.15) is 0 Å². The zero-order valence-corrected chi connectivity index (χ0v) is 15.1. The molecule has 0 aliphatic carbocycles. The third kappa shape index (κ3) is 3.55. The summed E-state index contributed by atoms with van der Waals surface area (Å²) in [6, 6.07) is 16.2. The molecule has 27 heavy (non-hydrogen) atoms. The van der Waals surface area contributed by atoms with Gasteiger partial charge < -0.3 is 10.2 Å². The molecule has 4 rings (SSSR count). The first-order valence-electron chi connectivity index (χ1n) is 8.53. The predicted molar refractivity (Wildman–Crippen MR) is 105 cm³/mol.